The standard InChI is InChI=1S/C15H18N2O4/c1-9(2)11-5-3-10(4-6-11)8-16-14(18)13-7-12(15(19)20)17-21-13/h3-6,9,13H,7-8H2,1-2H3,(H,16,18)(H,19,20). The summed E-state index contributed by atoms with van der Waals surface area (Å²) in [6.07, 6.45) is -0.862. The summed E-state index contributed by atoms with van der Waals surface area (Å²) in [5.41, 5.74) is 2.09. The van der Waals surface area contributed by atoms with Crippen LogP contribution in [0.4, 0.5) is 0 Å². The van der Waals surface area contributed by atoms with E-state index in [1.165, 1.54) is 5.56 Å². The van der Waals surface area contributed by atoms with Crippen molar-refractivity contribution in [3.63, 3.8) is 0 Å². The molecule has 1 unspecified atom stereocenters. The van der Waals surface area contributed by atoms with Crippen molar-refractivity contribution in [2.75, 3.05) is 0 Å². The van der Waals surface area contributed by atoms with Crippen LogP contribution in [-0.2, 0) is 21.0 Å². The first-order valence-corrected chi connectivity index (χ1v) is 6.80. The van der Waals surface area contributed by atoms with E-state index in [0.717, 1.165) is 5.56 Å². The Hall–Kier alpha value is -2.37. The van der Waals surface area contributed by atoms with Crippen molar-refractivity contribution in [1.29, 1.82) is 0 Å². The van der Waals surface area contributed by atoms with Gasteiger partial charge in [0.25, 0.3) is 5.91 Å². The molecule has 0 bridgehead atoms. The average molecular weight is 290 g/mol. The Labute approximate surface area is 122 Å². The molecule has 1 aromatic carbocycles. The van der Waals surface area contributed by atoms with Gasteiger partial charge in [-0.1, -0.05) is 43.3 Å². The molecule has 0 aliphatic carbocycles. The topological polar surface area (TPSA) is 88.0 Å². The van der Waals surface area contributed by atoms with Crippen LogP contribution in [0.1, 0.15) is 37.3 Å². The number of amides is 1. The fraction of sp³-hybridized carbons (Fsp3) is 0.400. The van der Waals surface area contributed by atoms with Gasteiger partial charge in [0.2, 0.25) is 6.10 Å². The number of hydrogen-bond acceptors (Lipinski definition) is 4. The molecular formula is C15H18N2O4. The Morgan fingerprint density at radius 1 is 1.38 bits per heavy atom. The van der Waals surface area contributed by atoms with Gasteiger partial charge >= 0.3 is 5.97 Å². The van der Waals surface area contributed by atoms with Crippen LogP contribution >= 0.6 is 0 Å². The van der Waals surface area contributed by atoms with E-state index in [-0.39, 0.29) is 18.0 Å². The average Bonchev–Trinajstić information content (AvgIpc) is 2.95. The van der Waals surface area contributed by atoms with Gasteiger partial charge in [0.05, 0.1) is 0 Å². The lowest BCUT2D eigenvalue weighted by atomic mass is 10.0. The van der Waals surface area contributed by atoms with Crippen LogP contribution in [0, 0.1) is 0 Å². The van der Waals surface area contributed by atoms with Gasteiger partial charge in [0.15, 0.2) is 5.71 Å². The SMILES string of the molecule is CC(C)c1ccc(CNC(=O)C2CC(C(=O)O)=NO2)cc1. The van der Waals surface area contributed by atoms with Crippen LogP contribution in [0.15, 0.2) is 29.4 Å². The summed E-state index contributed by atoms with van der Waals surface area (Å²) >= 11 is 0. The maximum Gasteiger partial charge on any atom is 0.353 e. The molecule has 1 heterocycles. The second-order valence-electron chi connectivity index (χ2n) is 5.26. The Morgan fingerprint density at radius 2 is 2.05 bits per heavy atom. The summed E-state index contributed by atoms with van der Waals surface area (Å²) in [6, 6.07) is 7.99. The monoisotopic (exact) mass is 290 g/mol. The molecule has 112 valence electrons. The zero-order valence-corrected chi connectivity index (χ0v) is 12.0. The highest BCUT2D eigenvalue weighted by atomic mass is 16.6. The highest BCUT2D eigenvalue weighted by Crippen LogP contribution is 2.15. The first kappa shape index (κ1) is 15.0. The molecule has 0 radical (unpaired) electrons. The number of carbonyl (C=O) groups is 2. The van der Waals surface area contributed by atoms with Crippen LogP contribution in [0.3, 0.4) is 0 Å². The molecule has 2 rings (SSSR count). The van der Waals surface area contributed by atoms with Crippen molar-refractivity contribution in [1.82, 2.24) is 5.32 Å². The summed E-state index contributed by atoms with van der Waals surface area (Å²) in [4.78, 5) is 27.4. The van der Waals surface area contributed by atoms with Crippen LogP contribution in [0.25, 0.3) is 0 Å². The molecule has 1 aromatic rings. The number of carboxylic acids is 1. The molecule has 0 fully saturated rings. The van der Waals surface area contributed by atoms with Crippen molar-refractivity contribution in [3.8, 4) is 0 Å². The van der Waals surface area contributed by atoms with E-state index in [2.05, 4.69) is 24.3 Å². The number of aliphatic carboxylic acids is 1. The molecule has 1 aliphatic rings. The third-order valence-corrected chi connectivity index (χ3v) is 3.32. The molecule has 1 amide bonds. The first-order chi connectivity index (χ1) is 9.97. The second-order valence-corrected chi connectivity index (χ2v) is 5.26. The molecule has 0 spiro atoms. The van der Waals surface area contributed by atoms with Crippen LogP contribution in [0.2, 0.25) is 0 Å². The third kappa shape index (κ3) is 3.81. The highest BCUT2D eigenvalue weighted by Gasteiger charge is 2.31. The molecule has 0 aromatic heterocycles. The lowest BCUT2D eigenvalue weighted by Gasteiger charge is -2.10. The molecule has 6 nitrogen and oxygen atoms in total. The number of hydrogen-bond donors (Lipinski definition) is 2. The molecule has 2 N–H and O–H groups in total. The van der Waals surface area contributed by atoms with Gasteiger partial charge in [-0.2, -0.15) is 0 Å². The molecular weight excluding hydrogens is 272 g/mol. The summed E-state index contributed by atoms with van der Waals surface area (Å²) in [7, 11) is 0. The van der Waals surface area contributed by atoms with Crippen LogP contribution < -0.4 is 5.32 Å². The summed E-state index contributed by atoms with van der Waals surface area (Å²) in [6.45, 7) is 4.61. The van der Waals surface area contributed by atoms with Gasteiger partial charge in [-0.25, -0.2) is 4.79 Å². The van der Waals surface area contributed by atoms with E-state index >= 15 is 0 Å². The lowest BCUT2D eigenvalue weighted by Crippen LogP contribution is -2.34. The zero-order valence-electron chi connectivity index (χ0n) is 12.0. The quantitative estimate of drug-likeness (QED) is 0.863. The molecule has 21 heavy (non-hydrogen) atoms. The number of benzene rings is 1. The van der Waals surface area contributed by atoms with E-state index < -0.39 is 12.1 Å². The normalized spacial score (nSPS) is 17.3. The van der Waals surface area contributed by atoms with Gasteiger partial charge in [0.1, 0.15) is 0 Å². The first-order valence-electron chi connectivity index (χ1n) is 6.80. The number of oxime groups is 1. The Morgan fingerprint density at radius 3 is 2.57 bits per heavy atom. The number of nitrogens with one attached hydrogen (secondary N) is 1. The Bertz CT molecular complexity index is 564. The van der Waals surface area contributed by atoms with Crippen molar-refractivity contribution in [2.24, 2.45) is 5.16 Å². The number of carbonyl (C=O) groups excluding carboxylic acids is 1. The summed E-state index contributed by atoms with van der Waals surface area (Å²) in [5, 5.41) is 14.8. The zero-order chi connectivity index (χ0) is 15.4. The van der Waals surface area contributed by atoms with Crippen molar-refractivity contribution in [2.45, 2.75) is 38.8 Å². The minimum atomic E-state index is -1.16. The Balaban J connectivity index is 1.83. The molecule has 0 saturated carbocycles. The Kier molecular flexibility index (Phi) is 4.57. The van der Waals surface area contributed by atoms with Crippen molar-refractivity contribution >= 4 is 17.6 Å². The maximum atomic E-state index is 11.9. The van der Waals surface area contributed by atoms with E-state index in [1.807, 2.05) is 24.3 Å². The number of nitrogens with zero attached hydrogens (tertiary/aromatic N) is 1. The van der Waals surface area contributed by atoms with Gasteiger partial charge in [-0.3, -0.25) is 4.79 Å². The lowest BCUT2D eigenvalue weighted by molar-refractivity contribution is -0.131. The fourth-order valence-corrected chi connectivity index (χ4v) is 1.97. The van der Waals surface area contributed by atoms with E-state index in [1.54, 1.807) is 0 Å². The predicted molar refractivity (Wildman–Crippen MR) is 76.9 cm³/mol. The molecule has 6 heteroatoms. The van der Waals surface area contributed by atoms with Gasteiger partial charge < -0.3 is 15.3 Å². The highest BCUT2D eigenvalue weighted by molar-refractivity contribution is 6.36. The number of carboxylic acid groups (broad SMARTS) is 1. The predicted octanol–water partition coefficient (Wildman–Crippen LogP) is 1.66. The largest absolute Gasteiger partial charge is 0.477 e. The molecule has 1 aliphatic heterocycles. The molecule has 0 saturated heterocycles. The third-order valence-electron chi connectivity index (χ3n) is 3.32. The van der Waals surface area contributed by atoms with Crippen molar-refractivity contribution in [3.05, 3.63) is 35.4 Å². The molecule has 1 atom stereocenters. The van der Waals surface area contributed by atoms with E-state index in [4.69, 9.17) is 9.94 Å². The summed E-state index contributed by atoms with van der Waals surface area (Å²) in [5.74, 6) is -1.05. The van der Waals surface area contributed by atoms with Gasteiger partial charge in [-0.15, -0.1) is 0 Å². The summed E-state index contributed by atoms with van der Waals surface area (Å²) < 4.78 is 0. The smallest absolute Gasteiger partial charge is 0.353 e. The fourth-order valence-electron chi connectivity index (χ4n) is 1.97. The van der Waals surface area contributed by atoms with Crippen LogP contribution in [0.5, 0.6) is 0 Å². The maximum absolute atomic E-state index is 11.9. The van der Waals surface area contributed by atoms with Crippen LogP contribution in [-0.4, -0.2) is 28.8 Å². The minimum Gasteiger partial charge on any atom is -0.477 e. The minimum absolute atomic E-state index is 0.00649. The number of rotatable bonds is 5. The van der Waals surface area contributed by atoms with Crippen molar-refractivity contribution < 1.29 is 19.5 Å². The van der Waals surface area contributed by atoms with Gasteiger partial charge in [-0.05, 0) is 17.0 Å². The van der Waals surface area contributed by atoms with Gasteiger partial charge in [0, 0.05) is 13.0 Å². The second kappa shape index (κ2) is 6.39. The van der Waals surface area contributed by atoms with E-state index in [9.17, 15) is 9.59 Å². The van der Waals surface area contributed by atoms with E-state index in [0.29, 0.717) is 12.5 Å².